The molecule has 7 heteroatoms. The van der Waals surface area contributed by atoms with Crippen molar-refractivity contribution >= 4 is 12.1 Å². The van der Waals surface area contributed by atoms with Crippen LogP contribution in [-0.2, 0) is 0 Å². The molecule has 0 amide bonds. The van der Waals surface area contributed by atoms with Crippen LogP contribution in [0.25, 0.3) is 0 Å². The van der Waals surface area contributed by atoms with E-state index in [2.05, 4.69) is 13.8 Å². The molecule has 0 saturated heterocycles. The van der Waals surface area contributed by atoms with Gasteiger partial charge in [-0.2, -0.15) is 0 Å². The van der Waals surface area contributed by atoms with Crippen molar-refractivity contribution in [2.24, 2.45) is 11.8 Å². The lowest BCUT2D eigenvalue weighted by molar-refractivity contribution is 0.0624. The largest absolute Gasteiger partial charge is 0.497 e. The molecule has 7 nitrogen and oxygen atoms in total. The molecule has 2 aromatic rings. The number of fused-ring (bicyclic) bond motifs is 1. The maximum absolute atomic E-state index is 13.9. The van der Waals surface area contributed by atoms with E-state index in [9.17, 15) is 9.59 Å². The minimum Gasteiger partial charge on any atom is -0.497 e. The number of Topliss-reactive ketones (excluding diaryl/α,β-unsaturated/α-hetero) is 1. The maximum Gasteiger partial charge on any atom is 0.203 e. The fourth-order valence-electron chi connectivity index (χ4n) is 5.06. The Balaban J connectivity index is 2.04. The summed E-state index contributed by atoms with van der Waals surface area (Å²) in [6, 6.07) is 6.89. The number of aldehydes is 1. The molecule has 0 fully saturated rings. The average molecular weight is 499 g/mol. The standard InChI is InChI=1S/C29H38O7/c1-7-18(8-2)11-9-10-12-22-27(31)26-20(17-30)13-21(32-3)16-23(26)36-28(22)19-14-24(33-4)29(35-6)25(15-19)34-5/h13-18,22,28H,7-12H2,1-6H3. The fraction of sp³-hybridized carbons (Fsp3) is 0.517. The second-order valence-corrected chi connectivity index (χ2v) is 9.14. The third kappa shape index (κ3) is 5.61. The van der Waals surface area contributed by atoms with E-state index in [0.29, 0.717) is 52.9 Å². The fourth-order valence-corrected chi connectivity index (χ4v) is 5.06. The molecule has 0 bridgehead atoms. The zero-order valence-corrected chi connectivity index (χ0v) is 22.2. The van der Waals surface area contributed by atoms with Crippen molar-refractivity contribution in [1.82, 2.24) is 0 Å². The predicted molar refractivity (Wildman–Crippen MR) is 138 cm³/mol. The van der Waals surface area contributed by atoms with Gasteiger partial charge in [-0.3, -0.25) is 9.59 Å². The monoisotopic (exact) mass is 498 g/mol. The van der Waals surface area contributed by atoms with Crippen LogP contribution in [0.15, 0.2) is 24.3 Å². The van der Waals surface area contributed by atoms with E-state index in [0.717, 1.165) is 37.7 Å². The van der Waals surface area contributed by atoms with Crippen molar-refractivity contribution in [3.05, 3.63) is 41.0 Å². The van der Waals surface area contributed by atoms with Gasteiger partial charge in [0.1, 0.15) is 17.6 Å². The number of hydrogen-bond donors (Lipinski definition) is 0. The molecular formula is C29H38O7. The van der Waals surface area contributed by atoms with Crippen LogP contribution < -0.4 is 23.7 Å². The summed E-state index contributed by atoms with van der Waals surface area (Å²) in [5.41, 5.74) is 1.34. The van der Waals surface area contributed by atoms with E-state index in [1.807, 2.05) is 12.1 Å². The molecule has 1 aliphatic heterocycles. The molecule has 2 unspecified atom stereocenters. The molecule has 0 N–H and O–H groups in total. The first-order valence-corrected chi connectivity index (χ1v) is 12.6. The topological polar surface area (TPSA) is 80.3 Å². The van der Waals surface area contributed by atoms with Crippen LogP contribution in [0, 0.1) is 11.8 Å². The zero-order valence-electron chi connectivity index (χ0n) is 22.2. The summed E-state index contributed by atoms with van der Waals surface area (Å²) in [5.74, 6) is 2.38. The summed E-state index contributed by atoms with van der Waals surface area (Å²) in [6.07, 6.45) is 6.13. The average Bonchev–Trinajstić information content (AvgIpc) is 2.92. The first-order valence-electron chi connectivity index (χ1n) is 12.6. The minimum atomic E-state index is -0.585. The molecule has 196 valence electrons. The lowest BCUT2D eigenvalue weighted by atomic mass is 9.80. The normalized spacial score (nSPS) is 16.8. The predicted octanol–water partition coefficient (Wildman–Crippen LogP) is 6.46. The minimum absolute atomic E-state index is 0.0951. The number of carbonyl (C=O) groups is 2. The summed E-state index contributed by atoms with van der Waals surface area (Å²) < 4.78 is 28.4. The molecule has 2 atom stereocenters. The van der Waals surface area contributed by atoms with Gasteiger partial charge >= 0.3 is 0 Å². The van der Waals surface area contributed by atoms with Crippen molar-refractivity contribution in [2.75, 3.05) is 28.4 Å². The van der Waals surface area contributed by atoms with Gasteiger partial charge in [0.25, 0.3) is 0 Å². The van der Waals surface area contributed by atoms with E-state index in [1.165, 1.54) is 7.11 Å². The summed E-state index contributed by atoms with van der Waals surface area (Å²) in [5, 5.41) is 0. The van der Waals surface area contributed by atoms with Crippen LogP contribution in [-0.4, -0.2) is 40.5 Å². The van der Waals surface area contributed by atoms with Crippen LogP contribution in [0.4, 0.5) is 0 Å². The molecule has 0 aliphatic carbocycles. The maximum atomic E-state index is 13.9. The number of ketones is 1. The summed E-state index contributed by atoms with van der Waals surface area (Å²) >= 11 is 0. The van der Waals surface area contributed by atoms with Gasteiger partial charge in [-0.1, -0.05) is 46.0 Å². The molecule has 0 saturated carbocycles. The Morgan fingerprint density at radius 3 is 2.11 bits per heavy atom. The van der Waals surface area contributed by atoms with Crippen LogP contribution in [0.1, 0.15) is 84.8 Å². The Morgan fingerprint density at radius 1 is 0.917 bits per heavy atom. The van der Waals surface area contributed by atoms with Crippen LogP contribution in [0.5, 0.6) is 28.7 Å². The quantitative estimate of drug-likeness (QED) is 0.231. The molecule has 36 heavy (non-hydrogen) atoms. The molecule has 0 radical (unpaired) electrons. The lowest BCUT2D eigenvalue weighted by Gasteiger charge is -2.34. The molecule has 3 rings (SSSR count). The van der Waals surface area contributed by atoms with E-state index in [4.69, 9.17) is 23.7 Å². The second-order valence-electron chi connectivity index (χ2n) is 9.14. The van der Waals surface area contributed by atoms with E-state index >= 15 is 0 Å². The number of carbonyl (C=O) groups excluding carboxylic acids is 2. The molecule has 2 aromatic carbocycles. The van der Waals surface area contributed by atoms with E-state index in [1.54, 1.807) is 33.5 Å². The summed E-state index contributed by atoms with van der Waals surface area (Å²) in [4.78, 5) is 25.8. The summed E-state index contributed by atoms with van der Waals surface area (Å²) in [6.45, 7) is 4.44. The van der Waals surface area contributed by atoms with E-state index in [-0.39, 0.29) is 11.3 Å². The Kier molecular flexibility index (Phi) is 9.62. The highest BCUT2D eigenvalue weighted by Gasteiger charge is 2.40. The number of rotatable bonds is 13. The van der Waals surface area contributed by atoms with Gasteiger partial charge in [0, 0.05) is 17.2 Å². The van der Waals surface area contributed by atoms with Gasteiger partial charge in [-0.25, -0.2) is 0 Å². The highest BCUT2D eigenvalue weighted by Crippen LogP contribution is 2.47. The molecule has 0 spiro atoms. The number of hydrogen-bond acceptors (Lipinski definition) is 7. The van der Waals surface area contributed by atoms with Crippen LogP contribution in [0.3, 0.4) is 0 Å². The molecule has 1 aliphatic rings. The number of unbranched alkanes of at least 4 members (excludes halogenated alkanes) is 1. The lowest BCUT2D eigenvalue weighted by Crippen LogP contribution is -2.32. The first-order chi connectivity index (χ1) is 17.5. The van der Waals surface area contributed by atoms with Gasteiger partial charge < -0.3 is 23.7 Å². The highest BCUT2D eigenvalue weighted by molar-refractivity contribution is 6.07. The Labute approximate surface area is 214 Å². The second kappa shape index (κ2) is 12.7. The molecular weight excluding hydrogens is 460 g/mol. The Morgan fingerprint density at radius 2 is 1.58 bits per heavy atom. The van der Waals surface area contributed by atoms with Crippen molar-refractivity contribution in [3.8, 4) is 28.7 Å². The van der Waals surface area contributed by atoms with Gasteiger partial charge in [0.05, 0.1) is 39.9 Å². The van der Waals surface area contributed by atoms with Crippen molar-refractivity contribution in [2.45, 2.75) is 58.5 Å². The third-order valence-electron chi connectivity index (χ3n) is 7.22. The van der Waals surface area contributed by atoms with Gasteiger partial charge in [-0.05, 0) is 30.5 Å². The Bertz CT molecular complexity index is 1030. The van der Waals surface area contributed by atoms with Crippen LogP contribution in [0.2, 0.25) is 0 Å². The Hall–Kier alpha value is -3.22. The highest BCUT2D eigenvalue weighted by atomic mass is 16.5. The smallest absolute Gasteiger partial charge is 0.203 e. The van der Waals surface area contributed by atoms with Crippen molar-refractivity contribution in [3.63, 3.8) is 0 Å². The molecule has 0 aromatic heterocycles. The SMILES string of the molecule is CCC(CC)CCCCC1C(=O)c2c(C=O)cc(OC)cc2OC1c1cc(OC)c(OC)c(OC)c1. The third-order valence-corrected chi connectivity index (χ3v) is 7.22. The van der Waals surface area contributed by atoms with Crippen LogP contribution >= 0.6 is 0 Å². The van der Waals surface area contributed by atoms with Crippen molar-refractivity contribution in [1.29, 1.82) is 0 Å². The van der Waals surface area contributed by atoms with E-state index < -0.39 is 12.0 Å². The van der Waals surface area contributed by atoms with Gasteiger partial charge in [-0.15, -0.1) is 0 Å². The number of benzene rings is 2. The van der Waals surface area contributed by atoms with Gasteiger partial charge in [0.15, 0.2) is 23.6 Å². The molecule has 1 heterocycles. The number of ether oxygens (including phenoxy) is 5. The van der Waals surface area contributed by atoms with Gasteiger partial charge in [0.2, 0.25) is 5.75 Å². The zero-order chi connectivity index (χ0) is 26.2. The first kappa shape index (κ1) is 27.4. The van der Waals surface area contributed by atoms with Crippen molar-refractivity contribution < 1.29 is 33.3 Å². The number of methoxy groups -OCH3 is 4. The summed E-state index contributed by atoms with van der Waals surface area (Å²) in [7, 11) is 6.17.